The standard InChI is InChI=1S/C22H45NO/c1-5-8-11-12-19-24-22-15-17-23(18-16-22)20(4)21(13-9-6-2)14-10-7-3/h20-22H,5-19H2,1-4H3/t20-/m1/s1. The van der Waals surface area contributed by atoms with Crippen molar-refractivity contribution in [2.75, 3.05) is 19.7 Å². The fourth-order valence-corrected chi connectivity index (χ4v) is 4.09. The highest BCUT2D eigenvalue weighted by Gasteiger charge is 2.27. The fourth-order valence-electron chi connectivity index (χ4n) is 4.09. The summed E-state index contributed by atoms with van der Waals surface area (Å²) in [7, 11) is 0. The van der Waals surface area contributed by atoms with Gasteiger partial charge in [-0.3, -0.25) is 0 Å². The first-order valence-corrected chi connectivity index (χ1v) is 11.1. The van der Waals surface area contributed by atoms with Crippen LogP contribution in [0.2, 0.25) is 0 Å². The van der Waals surface area contributed by atoms with E-state index < -0.39 is 0 Å². The van der Waals surface area contributed by atoms with Gasteiger partial charge in [0.05, 0.1) is 6.10 Å². The molecule has 0 saturated carbocycles. The molecule has 144 valence electrons. The molecule has 1 saturated heterocycles. The summed E-state index contributed by atoms with van der Waals surface area (Å²) >= 11 is 0. The zero-order valence-electron chi connectivity index (χ0n) is 17.2. The lowest BCUT2D eigenvalue weighted by Crippen LogP contribution is -2.45. The van der Waals surface area contributed by atoms with Crippen molar-refractivity contribution in [3.05, 3.63) is 0 Å². The molecule has 2 heteroatoms. The third-order valence-electron chi connectivity index (χ3n) is 5.94. The van der Waals surface area contributed by atoms with E-state index in [-0.39, 0.29) is 0 Å². The van der Waals surface area contributed by atoms with E-state index >= 15 is 0 Å². The Morgan fingerprint density at radius 2 is 1.42 bits per heavy atom. The van der Waals surface area contributed by atoms with Crippen molar-refractivity contribution >= 4 is 0 Å². The summed E-state index contributed by atoms with van der Waals surface area (Å²) in [5.74, 6) is 0.899. The summed E-state index contributed by atoms with van der Waals surface area (Å²) in [5.41, 5.74) is 0. The van der Waals surface area contributed by atoms with Gasteiger partial charge in [-0.2, -0.15) is 0 Å². The third kappa shape index (κ3) is 8.85. The maximum Gasteiger partial charge on any atom is 0.0599 e. The summed E-state index contributed by atoms with van der Waals surface area (Å²) in [5, 5.41) is 0. The van der Waals surface area contributed by atoms with Gasteiger partial charge in [-0.25, -0.2) is 0 Å². The first-order valence-electron chi connectivity index (χ1n) is 11.1. The number of hydrogen-bond acceptors (Lipinski definition) is 2. The molecular weight excluding hydrogens is 294 g/mol. The maximum atomic E-state index is 6.12. The molecule has 1 atom stereocenters. The van der Waals surface area contributed by atoms with E-state index in [0.717, 1.165) is 18.6 Å². The molecule has 0 N–H and O–H groups in total. The predicted octanol–water partition coefficient (Wildman–Crippen LogP) is 6.43. The summed E-state index contributed by atoms with van der Waals surface area (Å²) < 4.78 is 6.12. The number of rotatable bonds is 14. The summed E-state index contributed by atoms with van der Waals surface area (Å²) in [6, 6.07) is 0.758. The molecule has 1 rings (SSSR count). The quantitative estimate of drug-likeness (QED) is 0.338. The van der Waals surface area contributed by atoms with Crippen LogP contribution < -0.4 is 0 Å². The van der Waals surface area contributed by atoms with Crippen LogP contribution in [0.15, 0.2) is 0 Å². The van der Waals surface area contributed by atoms with E-state index in [1.165, 1.54) is 90.1 Å². The molecule has 0 radical (unpaired) electrons. The van der Waals surface area contributed by atoms with Gasteiger partial charge in [0, 0.05) is 25.7 Å². The highest BCUT2D eigenvalue weighted by Crippen LogP contribution is 2.26. The minimum atomic E-state index is 0.528. The first kappa shape index (κ1) is 22.0. The van der Waals surface area contributed by atoms with Crippen LogP contribution in [-0.4, -0.2) is 36.7 Å². The van der Waals surface area contributed by atoms with Crippen LogP contribution in [0.5, 0.6) is 0 Å². The fraction of sp³-hybridized carbons (Fsp3) is 1.00. The van der Waals surface area contributed by atoms with Crippen molar-refractivity contribution < 1.29 is 4.74 Å². The number of nitrogens with zero attached hydrogens (tertiary/aromatic N) is 1. The van der Waals surface area contributed by atoms with Crippen molar-refractivity contribution in [1.29, 1.82) is 0 Å². The summed E-state index contributed by atoms with van der Waals surface area (Å²) in [6.07, 6.45) is 16.6. The van der Waals surface area contributed by atoms with Crippen LogP contribution in [-0.2, 0) is 4.74 Å². The SMILES string of the molecule is CCCCCCOC1CCN([C@H](C)C(CCCC)CCCC)CC1. The van der Waals surface area contributed by atoms with E-state index in [4.69, 9.17) is 4.74 Å². The van der Waals surface area contributed by atoms with Crippen LogP contribution in [0.4, 0.5) is 0 Å². The van der Waals surface area contributed by atoms with Gasteiger partial charge >= 0.3 is 0 Å². The molecule has 24 heavy (non-hydrogen) atoms. The molecule has 0 amide bonds. The lowest BCUT2D eigenvalue weighted by atomic mass is 9.88. The van der Waals surface area contributed by atoms with Crippen molar-refractivity contribution in [2.24, 2.45) is 5.92 Å². The van der Waals surface area contributed by atoms with Gasteiger partial charge < -0.3 is 9.64 Å². The Balaban J connectivity index is 2.27. The summed E-state index contributed by atoms with van der Waals surface area (Å²) in [4.78, 5) is 2.76. The van der Waals surface area contributed by atoms with Gasteiger partial charge in [-0.05, 0) is 44.9 Å². The lowest BCUT2D eigenvalue weighted by molar-refractivity contribution is -0.00908. The smallest absolute Gasteiger partial charge is 0.0599 e. The molecular formula is C22H45NO. The Bertz CT molecular complexity index is 265. The molecule has 1 aliphatic rings. The van der Waals surface area contributed by atoms with E-state index in [1.807, 2.05) is 0 Å². The number of likely N-dealkylation sites (tertiary alicyclic amines) is 1. The average Bonchev–Trinajstić information content (AvgIpc) is 2.62. The van der Waals surface area contributed by atoms with E-state index in [2.05, 4.69) is 32.6 Å². The van der Waals surface area contributed by atoms with E-state index in [1.54, 1.807) is 0 Å². The molecule has 0 aromatic carbocycles. The van der Waals surface area contributed by atoms with Gasteiger partial charge in [-0.15, -0.1) is 0 Å². The molecule has 0 aliphatic carbocycles. The molecule has 0 spiro atoms. The molecule has 1 fully saturated rings. The second kappa shape index (κ2) is 14.1. The molecule has 2 nitrogen and oxygen atoms in total. The third-order valence-corrected chi connectivity index (χ3v) is 5.94. The lowest BCUT2D eigenvalue weighted by Gasteiger charge is -2.39. The molecule has 0 aromatic rings. The topological polar surface area (TPSA) is 12.5 Å². The van der Waals surface area contributed by atoms with Crippen molar-refractivity contribution in [3.8, 4) is 0 Å². The largest absolute Gasteiger partial charge is 0.378 e. The molecule has 1 heterocycles. The zero-order valence-corrected chi connectivity index (χ0v) is 17.2. The highest BCUT2D eigenvalue weighted by atomic mass is 16.5. The van der Waals surface area contributed by atoms with Gasteiger partial charge in [0.1, 0.15) is 0 Å². The van der Waals surface area contributed by atoms with Gasteiger partial charge in [0.2, 0.25) is 0 Å². The minimum absolute atomic E-state index is 0.528. The Labute approximate surface area is 152 Å². The number of hydrogen-bond donors (Lipinski definition) is 0. The van der Waals surface area contributed by atoms with Gasteiger partial charge in [0.25, 0.3) is 0 Å². The second-order valence-corrected chi connectivity index (χ2v) is 7.95. The number of unbranched alkanes of at least 4 members (excludes halogenated alkanes) is 5. The predicted molar refractivity (Wildman–Crippen MR) is 107 cm³/mol. The normalized spacial score (nSPS) is 18.4. The molecule has 0 aromatic heterocycles. The first-order chi connectivity index (χ1) is 11.7. The number of piperidine rings is 1. The van der Waals surface area contributed by atoms with Gasteiger partial charge in [-0.1, -0.05) is 65.7 Å². The van der Waals surface area contributed by atoms with E-state index in [0.29, 0.717) is 6.10 Å². The monoisotopic (exact) mass is 339 g/mol. The van der Waals surface area contributed by atoms with Crippen LogP contribution in [0.1, 0.15) is 105 Å². The summed E-state index contributed by atoms with van der Waals surface area (Å²) in [6.45, 7) is 12.9. The van der Waals surface area contributed by atoms with Crippen LogP contribution >= 0.6 is 0 Å². The average molecular weight is 340 g/mol. The van der Waals surface area contributed by atoms with Gasteiger partial charge in [0.15, 0.2) is 0 Å². The number of ether oxygens (including phenoxy) is 1. The molecule has 0 bridgehead atoms. The molecule has 0 unspecified atom stereocenters. The van der Waals surface area contributed by atoms with Crippen LogP contribution in [0.3, 0.4) is 0 Å². The molecule has 1 aliphatic heterocycles. The highest BCUT2D eigenvalue weighted by molar-refractivity contribution is 4.81. The van der Waals surface area contributed by atoms with E-state index in [9.17, 15) is 0 Å². The Morgan fingerprint density at radius 3 is 1.96 bits per heavy atom. The van der Waals surface area contributed by atoms with Crippen LogP contribution in [0.25, 0.3) is 0 Å². The van der Waals surface area contributed by atoms with Crippen LogP contribution in [0, 0.1) is 5.92 Å². The Hall–Kier alpha value is -0.0800. The van der Waals surface area contributed by atoms with Crippen molar-refractivity contribution in [2.45, 2.75) is 117 Å². The zero-order chi connectivity index (χ0) is 17.6. The van der Waals surface area contributed by atoms with Crippen molar-refractivity contribution in [3.63, 3.8) is 0 Å². The van der Waals surface area contributed by atoms with Crippen molar-refractivity contribution in [1.82, 2.24) is 4.90 Å². The Morgan fingerprint density at radius 1 is 0.833 bits per heavy atom. The maximum absolute atomic E-state index is 6.12. The minimum Gasteiger partial charge on any atom is -0.378 e. The Kier molecular flexibility index (Phi) is 12.9. The second-order valence-electron chi connectivity index (χ2n) is 7.95.